The second kappa shape index (κ2) is 6.05. The molecule has 0 atom stereocenters. The third-order valence-electron chi connectivity index (χ3n) is 3.02. The first-order valence-electron chi connectivity index (χ1n) is 5.95. The molecule has 2 rings (SSSR count). The van der Waals surface area contributed by atoms with Gasteiger partial charge in [0.15, 0.2) is 0 Å². The standard InChI is InChI=1S/C16H15O3/c1-18-15-9-5-3-7-12(15)14(11-17)13-8-4-6-10-16(13)19-2/h3-10,14H,1-2H3. The lowest BCUT2D eigenvalue weighted by Crippen LogP contribution is -2.06. The van der Waals surface area contributed by atoms with Crippen molar-refractivity contribution in [3.05, 3.63) is 59.7 Å². The molecule has 19 heavy (non-hydrogen) atoms. The van der Waals surface area contributed by atoms with Crippen molar-refractivity contribution in [2.45, 2.75) is 5.92 Å². The van der Waals surface area contributed by atoms with E-state index in [1.807, 2.05) is 48.5 Å². The summed E-state index contributed by atoms with van der Waals surface area (Å²) in [6.07, 6.45) is 2.07. The Bertz CT molecular complexity index is 516. The molecular formula is C16H15O3. The van der Waals surface area contributed by atoms with Crippen LogP contribution in [0.15, 0.2) is 48.5 Å². The number of methoxy groups -OCH3 is 2. The molecule has 0 unspecified atom stereocenters. The van der Waals surface area contributed by atoms with Crippen LogP contribution < -0.4 is 9.47 Å². The highest BCUT2D eigenvalue weighted by atomic mass is 16.5. The highest BCUT2D eigenvalue weighted by Gasteiger charge is 2.21. The molecule has 0 aliphatic carbocycles. The molecule has 1 radical (unpaired) electrons. The molecule has 2 aromatic carbocycles. The van der Waals surface area contributed by atoms with Crippen molar-refractivity contribution in [1.29, 1.82) is 0 Å². The zero-order chi connectivity index (χ0) is 13.7. The summed E-state index contributed by atoms with van der Waals surface area (Å²) in [5.74, 6) is 0.816. The topological polar surface area (TPSA) is 35.5 Å². The van der Waals surface area contributed by atoms with Crippen LogP contribution in [-0.2, 0) is 4.79 Å². The average molecular weight is 255 g/mol. The number of para-hydroxylation sites is 2. The van der Waals surface area contributed by atoms with Gasteiger partial charge in [-0.15, -0.1) is 0 Å². The first-order chi connectivity index (χ1) is 9.31. The number of rotatable bonds is 5. The van der Waals surface area contributed by atoms with Gasteiger partial charge >= 0.3 is 0 Å². The SMILES string of the molecule is COc1ccccc1C([C]=O)c1ccccc1OC. The van der Waals surface area contributed by atoms with Crippen LogP contribution in [0.5, 0.6) is 11.5 Å². The highest BCUT2D eigenvalue weighted by Crippen LogP contribution is 2.34. The van der Waals surface area contributed by atoms with Crippen LogP contribution in [0.2, 0.25) is 0 Å². The molecule has 0 amide bonds. The third-order valence-corrected chi connectivity index (χ3v) is 3.02. The maximum Gasteiger partial charge on any atom is 0.211 e. The fraction of sp³-hybridized carbons (Fsp3) is 0.188. The van der Waals surface area contributed by atoms with Crippen molar-refractivity contribution in [3.8, 4) is 11.5 Å². The summed E-state index contributed by atoms with van der Waals surface area (Å²) in [7, 11) is 3.17. The molecule has 0 saturated heterocycles. The van der Waals surface area contributed by atoms with E-state index in [9.17, 15) is 4.79 Å². The van der Waals surface area contributed by atoms with Crippen LogP contribution in [-0.4, -0.2) is 20.5 Å². The number of hydrogen-bond donors (Lipinski definition) is 0. The maximum atomic E-state index is 11.4. The highest BCUT2D eigenvalue weighted by molar-refractivity contribution is 5.72. The van der Waals surface area contributed by atoms with E-state index in [0.29, 0.717) is 11.5 Å². The fourth-order valence-electron chi connectivity index (χ4n) is 2.10. The summed E-state index contributed by atoms with van der Waals surface area (Å²) in [5.41, 5.74) is 1.56. The Kier molecular flexibility index (Phi) is 4.18. The van der Waals surface area contributed by atoms with Gasteiger partial charge in [-0.25, -0.2) is 0 Å². The van der Waals surface area contributed by atoms with Gasteiger partial charge in [0.1, 0.15) is 11.5 Å². The summed E-state index contributed by atoms with van der Waals surface area (Å²) in [6, 6.07) is 14.9. The van der Waals surface area contributed by atoms with E-state index in [4.69, 9.17) is 9.47 Å². The van der Waals surface area contributed by atoms with E-state index < -0.39 is 5.92 Å². The van der Waals surface area contributed by atoms with Crippen molar-refractivity contribution in [3.63, 3.8) is 0 Å². The van der Waals surface area contributed by atoms with Crippen molar-refractivity contribution < 1.29 is 14.3 Å². The minimum absolute atomic E-state index is 0.521. The first kappa shape index (κ1) is 13.1. The van der Waals surface area contributed by atoms with E-state index in [2.05, 4.69) is 6.29 Å². The molecule has 0 aliphatic rings. The van der Waals surface area contributed by atoms with Crippen LogP contribution in [0.3, 0.4) is 0 Å². The van der Waals surface area contributed by atoms with Crippen LogP contribution in [0, 0.1) is 0 Å². The van der Waals surface area contributed by atoms with E-state index in [1.54, 1.807) is 14.2 Å². The quantitative estimate of drug-likeness (QED) is 0.824. The third kappa shape index (κ3) is 2.60. The summed E-state index contributed by atoms with van der Waals surface area (Å²) in [5, 5.41) is 0. The van der Waals surface area contributed by atoms with Gasteiger partial charge in [0.05, 0.1) is 20.1 Å². The lowest BCUT2D eigenvalue weighted by Gasteiger charge is -2.16. The van der Waals surface area contributed by atoms with Crippen molar-refractivity contribution in [2.75, 3.05) is 14.2 Å². The molecule has 3 nitrogen and oxygen atoms in total. The molecule has 3 heteroatoms. The Morgan fingerprint density at radius 1 is 0.842 bits per heavy atom. The molecule has 2 aromatic rings. The van der Waals surface area contributed by atoms with Crippen LogP contribution >= 0.6 is 0 Å². The predicted octanol–water partition coefficient (Wildman–Crippen LogP) is 2.95. The van der Waals surface area contributed by atoms with E-state index in [-0.39, 0.29) is 0 Å². The second-order valence-corrected chi connectivity index (χ2v) is 4.03. The summed E-state index contributed by atoms with van der Waals surface area (Å²) >= 11 is 0. The molecule has 0 saturated carbocycles. The average Bonchev–Trinajstić information content (AvgIpc) is 2.49. The molecule has 0 spiro atoms. The van der Waals surface area contributed by atoms with E-state index in [1.165, 1.54) is 0 Å². The molecule has 97 valence electrons. The van der Waals surface area contributed by atoms with Crippen molar-refractivity contribution in [1.82, 2.24) is 0 Å². The zero-order valence-electron chi connectivity index (χ0n) is 10.9. The molecule has 0 aliphatic heterocycles. The molecule has 0 heterocycles. The van der Waals surface area contributed by atoms with Gasteiger partial charge in [-0.05, 0) is 12.1 Å². The number of hydrogen-bond acceptors (Lipinski definition) is 3. The van der Waals surface area contributed by atoms with Crippen LogP contribution in [0.1, 0.15) is 17.0 Å². The lowest BCUT2D eigenvalue weighted by atomic mass is 9.91. The summed E-state index contributed by atoms with van der Waals surface area (Å²) < 4.78 is 10.6. The van der Waals surface area contributed by atoms with Crippen LogP contribution in [0.25, 0.3) is 0 Å². The summed E-state index contributed by atoms with van der Waals surface area (Å²) in [4.78, 5) is 11.4. The normalized spacial score (nSPS) is 10.3. The monoisotopic (exact) mass is 255 g/mol. The maximum absolute atomic E-state index is 11.4. The largest absolute Gasteiger partial charge is 0.496 e. The smallest absolute Gasteiger partial charge is 0.211 e. The van der Waals surface area contributed by atoms with E-state index >= 15 is 0 Å². The van der Waals surface area contributed by atoms with Gasteiger partial charge in [-0.2, -0.15) is 0 Å². The van der Waals surface area contributed by atoms with E-state index in [0.717, 1.165) is 11.1 Å². The predicted molar refractivity (Wildman–Crippen MR) is 73.5 cm³/mol. The van der Waals surface area contributed by atoms with Gasteiger partial charge in [0, 0.05) is 11.1 Å². The Balaban J connectivity index is 2.53. The Hall–Kier alpha value is -2.29. The molecule has 0 N–H and O–H groups in total. The van der Waals surface area contributed by atoms with Gasteiger partial charge in [0.25, 0.3) is 0 Å². The van der Waals surface area contributed by atoms with Gasteiger partial charge in [-0.3, -0.25) is 4.79 Å². The fourth-order valence-corrected chi connectivity index (χ4v) is 2.10. The van der Waals surface area contributed by atoms with Gasteiger partial charge < -0.3 is 9.47 Å². The number of ether oxygens (including phenoxy) is 2. The minimum Gasteiger partial charge on any atom is -0.496 e. The number of carbonyl (C=O) groups excluding carboxylic acids is 1. The van der Waals surface area contributed by atoms with Gasteiger partial charge in [0.2, 0.25) is 6.29 Å². The van der Waals surface area contributed by atoms with Crippen LogP contribution in [0.4, 0.5) is 0 Å². The first-order valence-corrected chi connectivity index (χ1v) is 5.95. The number of benzene rings is 2. The lowest BCUT2D eigenvalue weighted by molar-refractivity contribution is 0.403. The Morgan fingerprint density at radius 2 is 1.26 bits per heavy atom. The molecule has 0 aromatic heterocycles. The minimum atomic E-state index is -0.521. The Labute approximate surface area is 112 Å². The zero-order valence-corrected chi connectivity index (χ0v) is 10.9. The second-order valence-electron chi connectivity index (χ2n) is 4.03. The Morgan fingerprint density at radius 3 is 1.63 bits per heavy atom. The van der Waals surface area contributed by atoms with Gasteiger partial charge in [-0.1, -0.05) is 36.4 Å². The molecule has 0 fully saturated rings. The molecular weight excluding hydrogens is 240 g/mol. The van der Waals surface area contributed by atoms with Crippen molar-refractivity contribution in [2.24, 2.45) is 0 Å². The molecule has 0 bridgehead atoms. The van der Waals surface area contributed by atoms with Crippen molar-refractivity contribution >= 4 is 6.29 Å². The summed E-state index contributed by atoms with van der Waals surface area (Å²) in [6.45, 7) is 0.